The van der Waals surface area contributed by atoms with Crippen LogP contribution < -0.4 is 4.72 Å². The number of β-amino-alcohol motifs (C(OH)–C–C–N with tert-alkyl or cyclic N) is 1. The highest BCUT2D eigenvalue weighted by atomic mass is 32.2. The highest BCUT2D eigenvalue weighted by molar-refractivity contribution is 7.89. The maximum atomic E-state index is 12.7. The lowest BCUT2D eigenvalue weighted by Crippen LogP contribution is -2.43. The SMILES string of the molecule is CC1CCC(C)N1C[C@@H](O)CNS(=O)(=O)c1cccc2ccccc12. The third-order valence-corrected chi connectivity index (χ3v) is 6.59. The molecule has 3 atom stereocenters. The third-order valence-electron chi connectivity index (χ3n) is 5.10. The van der Waals surface area contributed by atoms with Gasteiger partial charge in [-0.3, -0.25) is 4.90 Å². The van der Waals surface area contributed by atoms with Crippen molar-refractivity contribution in [1.29, 1.82) is 0 Å². The van der Waals surface area contributed by atoms with Gasteiger partial charge in [-0.05, 0) is 38.1 Å². The fourth-order valence-corrected chi connectivity index (χ4v) is 4.93. The van der Waals surface area contributed by atoms with Gasteiger partial charge in [0.2, 0.25) is 10.0 Å². The van der Waals surface area contributed by atoms with Gasteiger partial charge < -0.3 is 5.11 Å². The van der Waals surface area contributed by atoms with Gasteiger partial charge in [0.25, 0.3) is 0 Å². The van der Waals surface area contributed by atoms with Gasteiger partial charge in [-0.1, -0.05) is 36.4 Å². The van der Waals surface area contributed by atoms with Crippen LogP contribution in [-0.2, 0) is 10.0 Å². The molecule has 136 valence electrons. The topological polar surface area (TPSA) is 69.6 Å². The van der Waals surface area contributed by atoms with Gasteiger partial charge in [0.05, 0.1) is 11.0 Å². The third kappa shape index (κ3) is 4.03. The Kier molecular flexibility index (Phi) is 5.43. The Morgan fingerprint density at radius 2 is 1.76 bits per heavy atom. The Hall–Kier alpha value is -1.47. The molecule has 2 aromatic rings. The first-order valence-electron chi connectivity index (χ1n) is 8.80. The fourth-order valence-electron chi connectivity index (χ4n) is 3.63. The van der Waals surface area contributed by atoms with E-state index in [0.29, 0.717) is 24.0 Å². The molecule has 1 fully saturated rings. The number of nitrogens with one attached hydrogen (secondary N) is 1. The molecule has 6 heteroatoms. The zero-order valence-corrected chi connectivity index (χ0v) is 15.5. The summed E-state index contributed by atoms with van der Waals surface area (Å²) in [5.74, 6) is 0. The van der Waals surface area contributed by atoms with Crippen LogP contribution in [0, 0.1) is 0 Å². The van der Waals surface area contributed by atoms with E-state index in [1.807, 2.05) is 24.3 Å². The van der Waals surface area contributed by atoms with Crippen molar-refractivity contribution in [3.63, 3.8) is 0 Å². The first kappa shape index (κ1) is 18.3. The second-order valence-electron chi connectivity index (χ2n) is 6.96. The quantitative estimate of drug-likeness (QED) is 0.828. The summed E-state index contributed by atoms with van der Waals surface area (Å²) < 4.78 is 27.9. The lowest BCUT2D eigenvalue weighted by molar-refractivity contribution is 0.0941. The van der Waals surface area contributed by atoms with Crippen molar-refractivity contribution in [2.45, 2.75) is 49.8 Å². The molecule has 2 aromatic carbocycles. The largest absolute Gasteiger partial charge is 0.390 e. The highest BCUT2D eigenvalue weighted by Crippen LogP contribution is 2.24. The number of sulfonamides is 1. The average Bonchev–Trinajstić information content (AvgIpc) is 2.91. The molecule has 2 unspecified atom stereocenters. The number of hydrogen-bond acceptors (Lipinski definition) is 4. The molecule has 5 nitrogen and oxygen atoms in total. The lowest BCUT2D eigenvalue weighted by atomic mass is 10.1. The Bertz CT molecular complexity index is 822. The van der Waals surface area contributed by atoms with Crippen LogP contribution in [0.4, 0.5) is 0 Å². The maximum Gasteiger partial charge on any atom is 0.241 e. The second-order valence-corrected chi connectivity index (χ2v) is 8.69. The molecule has 0 spiro atoms. The van der Waals surface area contributed by atoms with Crippen LogP contribution in [0.25, 0.3) is 10.8 Å². The number of nitrogens with zero attached hydrogens (tertiary/aromatic N) is 1. The number of aliphatic hydroxyl groups excluding tert-OH is 1. The van der Waals surface area contributed by atoms with Gasteiger partial charge in [-0.2, -0.15) is 0 Å². The van der Waals surface area contributed by atoms with E-state index < -0.39 is 16.1 Å². The number of aliphatic hydroxyl groups is 1. The molecule has 1 aliphatic heterocycles. The fraction of sp³-hybridized carbons (Fsp3) is 0.474. The molecule has 0 radical (unpaired) electrons. The minimum Gasteiger partial charge on any atom is -0.390 e. The van der Waals surface area contributed by atoms with E-state index in [1.165, 1.54) is 0 Å². The Morgan fingerprint density at radius 3 is 2.48 bits per heavy atom. The number of benzene rings is 2. The van der Waals surface area contributed by atoms with E-state index in [9.17, 15) is 13.5 Å². The average molecular weight is 362 g/mol. The van der Waals surface area contributed by atoms with Gasteiger partial charge in [0, 0.05) is 30.6 Å². The summed E-state index contributed by atoms with van der Waals surface area (Å²) in [5.41, 5.74) is 0. The predicted molar refractivity (Wildman–Crippen MR) is 100 cm³/mol. The van der Waals surface area contributed by atoms with Crippen LogP contribution in [0.15, 0.2) is 47.4 Å². The predicted octanol–water partition coefficient (Wildman–Crippen LogP) is 2.35. The van der Waals surface area contributed by atoms with Crippen LogP contribution in [-0.4, -0.2) is 49.7 Å². The van der Waals surface area contributed by atoms with Crippen molar-refractivity contribution in [3.8, 4) is 0 Å². The molecule has 0 aromatic heterocycles. The summed E-state index contributed by atoms with van der Waals surface area (Å²) in [6, 6.07) is 13.5. The molecule has 0 amide bonds. The molecular formula is C19H26N2O3S. The van der Waals surface area contributed by atoms with Gasteiger partial charge in [0.15, 0.2) is 0 Å². The number of hydrogen-bond donors (Lipinski definition) is 2. The normalized spacial score (nSPS) is 23.2. The molecule has 1 saturated heterocycles. The molecule has 0 bridgehead atoms. The zero-order valence-electron chi connectivity index (χ0n) is 14.7. The van der Waals surface area contributed by atoms with Crippen molar-refractivity contribution in [3.05, 3.63) is 42.5 Å². The van der Waals surface area contributed by atoms with E-state index in [-0.39, 0.29) is 11.4 Å². The lowest BCUT2D eigenvalue weighted by Gasteiger charge is -2.28. The second kappa shape index (κ2) is 7.41. The summed E-state index contributed by atoms with van der Waals surface area (Å²) in [7, 11) is -3.67. The first-order valence-corrected chi connectivity index (χ1v) is 10.3. The smallest absolute Gasteiger partial charge is 0.241 e. The molecular weight excluding hydrogens is 336 g/mol. The Balaban J connectivity index is 1.69. The summed E-state index contributed by atoms with van der Waals surface area (Å²) in [4.78, 5) is 2.50. The Labute approximate surface area is 149 Å². The van der Waals surface area contributed by atoms with E-state index in [1.54, 1.807) is 18.2 Å². The van der Waals surface area contributed by atoms with E-state index in [0.717, 1.165) is 18.2 Å². The van der Waals surface area contributed by atoms with Gasteiger partial charge >= 0.3 is 0 Å². The van der Waals surface area contributed by atoms with Crippen molar-refractivity contribution in [2.24, 2.45) is 0 Å². The van der Waals surface area contributed by atoms with Crippen LogP contribution in [0.3, 0.4) is 0 Å². The molecule has 0 saturated carbocycles. The van der Waals surface area contributed by atoms with Crippen molar-refractivity contribution < 1.29 is 13.5 Å². The molecule has 3 rings (SSSR count). The van der Waals surface area contributed by atoms with E-state index >= 15 is 0 Å². The molecule has 25 heavy (non-hydrogen) atoms. The summed E-state index contributed by atoms with van der Waals surface area (Å²) in [6.07, 6.45) is 1.51. The van der Waals surface area contributed by atoms with Crippen LogP contribution in [0.1, 0.15) is 26.7 Å². The number of fused-ring (bicyclic) bond motifs is 1. The number of likely N-dealkylation sites (tertiary alicyclic amines) is 1. The van der Waals surface area contributed by atoms with E-state index in [2.05, 4.69) is 23.5 Å². The van der Waals surface area contributed by atoms with Crippen molar-refractivity contribution >= 4 is 20.8 Å². The van der Waals surface area contributed by atoms with E-state index in [4.69, 9.17) is 0 Å². The van der Waals surface area contributed by atoms with Crippen molar-refractivity contribution in [2.75, 3.05) is 13.1 Å². The van der Waals surface area contributed by atoms with Gasteiger partial charge in [-0.15, -0.1) is 0 Å². The molecule has 1 heterocycles. The highest BCUT2D eigenvalue weighted by Gasteiger charge is 2.29. The molecule has 0 aliphatic carbocycles. The maximum absolute atomic E-state index is 12.7. The minimum absolute atomic E-state index is 0.0154. The summed E-state index contributed by atoms with van der Waals surface area (Å²) in [5, 5.41) is 11.9. The van der Waals surface area contributed by atoms with Gasteiger partial charge in [-0.25, -0.2) is 13.1 Å². The zero-order chi connectivity index (χ0) is 18.0. The molecule has 2 N–H and O–H groups in total. The standard InChI is InChI=1S/C19H26N2O3S/c1-14-10-11-15(2)21(14)13-17(22)12-20-25(23,24)19-9-5-7-16-6-3-4-8-18(16)19/h3-9,14-15,17,20,22H,10-13H2,1-2H3/t14?,15?,17-/m0/s1. The molecule has 1 aliphatic rings. The number of rotatable bonds is 6. The van der Waals surface area contributed by atoms with Crippen molar-refractivity contribution in [1.82, 2.24) is 9.62 Å². The Morgan fingerprint density at radius 1 is 1.12 bits per heavy atom. The summed E-state index contributed by atoms with van der Waals surface area (Å²) >= 11 is 0. The van der Waals surface area contributed by atoms with Gasteiger partial charge in [0.1, 0.15) is 0 Å². The minimum atomic E-state index is -3.67. The van der Waals surface area contributed by atoms with Crippen LogP contribution in [0.5, 0.6) is 0 Å². The van der Waals surface area contributed by atoms with Crippen LogP contribution in [0.2, 0.25) is 0 Å². The monoisotopic (exact) mass is 362 g/mol. The summed E-state index contributed by atoms with van der Waals surface area (Å²) in [6.45, 7) is 4.80. The van der Waals surface area contributed by atoms with Crippen LogP contribution >= 0.6 is 0 Å². The first-order chi connectivity index (χ1) is 11.9.